The highest BCUT2D eigenvalue weighted by molar-refractivity contribution is 7.99. The number of nitrogens with two attached hydrogens (primary N) is 1. The third-order valence-corrected chi connectivity index (χ3v) is 8.89. The number of aromatic nitrogens is 2. The van der Waals surface area contributed by atoms with Crippen molar-refractivity contribution in [3.8, 4) is 17.3 Å². The zero-order valence-corrected chi connectivity index (χ0v) is 21.4. The van der Waals surface area contributed by atoms with Gasteiger partial charge in [0.2, 0.25) is 5.88 Å². The molecule has 2 heterocycles. The summed E-state index contributed by atoms with van der Waals surface area (Å²) in [5, 5.41) is 2.68. The van der Waals surface area contributed by atoms with E-state index in [2.05, 4.69) is 22.1 Å². The Bertz CT molecular complexity index is 1270. The minimum absolute atomic E-state index is 0.0288. The fourth-order valence-electron chi connectivity index (χ4n) is 5.00. The number of carbonyl (C=O) groups is 1. The lowest BCUT2D eigenvalue weighted by Crippen LogP contribution is -2.44. The topological polar surface area (TPSA) is 90.6 Å². The highest BCUT2D eigenvalue weighted by Gasteiger charge is 2.46. The van der Waals surface area contributed by atoms with E-state index in [0.717, 1.165) is 40.2 Å². The Labute approximate surface area is 217 Å². The predicted molar refractivity (Wildman–Crippen MR) is 136 cm³/mol. The molecule has 1 saturated heterocycles. The van der Waals surface area contributed by atoms with Gasteiger partial charge in [-0.05, 0) is 54.0 Å². The number of methoxy groups -OCH3 is 1. The zero-order chi connectivity index (χ0) is 24.6. The number of hydrogen-bond donors (Lipinski definition) is 1. The first-order valence-corrected chi connectivity index (χ1v) is 12.8. The average Bonchev–Trinajstić information content (AvgIpc) is 3.14. The molecule has 0 amide bonds. The van der Waals surface area contributed by atoms with Crippen molar-refractivity contribution in [3.05, 3.63) is 63.8 Å². The fraction of sp³-hybridized carbons (Fsp3) is 0.320. The van der Waals surface area contributed by atoms with Crippen molar-refractivity contribution < 1.29 is 14.4 Å². The van der Waals surface area contributed by atoms with Crippen LogP contribution in [0.25, 0.3) is 11.4 Å². The number of carbonyl (C=O) groups excluding carboxylic acids is 1. The zero-order valence-electron chi connectivity index (χ0n) is 19.0. The van der Waals surface area contributed by atoms with Crippen LogP contribution in [0.4, 0.5) is 0 Å². The van der Waals surface area contributed by atoms with E-state index in [4.69, 9.17) is 38.5 Å². The third kappa shape index (κ3) is 4.61. The molecular weight excluding hydrogens is 507 g/mol. The van der Waals surface area contributed by atoms with E-state index in [1.807, 2.05) is 18.2 Å². The van der Waals surface area contributed by atoms with Gasteiger partial charge >= 0.3 is 6.47 Å². The Morgan fingerprint density at radius 1 is 1.20 bits per heavy atom. The molecule has 1 spiro atoms. The number of halogens is 2. The van der Waals surface area contributed by atoms with Crippen molar-refractivity contribution in [1.29, 1.82) is 0 Å². The van der Waals surface area contributed by atoms with Gasteiger partial charge in [-0.3, -0.25) is 4.79 Å². The molecule has 3 aromatic rings. The van der Waals surface area contributed by atoms with Crippen LogP contribution in [0.15, 0.2) is 52.4 Å². The molecule has 2 aliphatic rings. The quantitative estimate of drug-likeness (QED) is 0.427. The van der Waals surface area contributed by atoms with Crippen LogP contribution in [-0.4, -0.2) is 41.7 Å². The number of ether oxygens (including phenoxy) is 1. The number of rotatable bonds is 6. The van der Waals surface area contributed by atoms with Gasteiger partial charge in [-0.1, -0.05) is 53.2 Å². The molecule has 0 unspecified atom stereocenters. The maximum Gasteiger partial charge on any atom is 0.312 e. The van der Waals surface area contributed by atoms with Crippen molar-refractivity contribution in [1.82, 2.24) is 15.0 Å². The minimum atomic E-state index is -0.0541. The van der Waals surface area contributed by atoms with Gasteiger partial charge in [-0.15, -0.1) is 5.06 Å². The maximum atomic E-state index is 10.7. The smallest absolute Gasteiger partial charge is 0.312 e. The molecular formula is C25H24Cl2N4O3S. The molecule has 5 rings (SSSR count). The molecule has 10 heteroatoms. The summed E-state index contributed by atoms with van der Waals surface area (Å²) >= 11 is 13.9. The van der Waals surface area contributed by atoms with Crippen LogP contribution >= 0.6 is 35.0 Å². The summed E-state index contributed by atoms with van der Waals surface area (Å²) in [4.78, 5) is 26.5. The molecule has 0 saturated carbocycles. The number of benzene rings is 2. The number of fused-ring (bicyclic) bond motifs is 1. The summed E-state index contributed by atoms with van der Waals surface area (Å²) < 4.78 is 5.57. The van der Waals surface area contributed by atoms with Crippen molar-refractivity contribution >= 4 is 41.4 Å². The molecule has 1 aliphatic heterocycles. The predicted octanol–water partition coefficient (Wildman–Crippen LogP) is 5.34. The van der Waals surface area contributed by atoms with Crippen molar-refractivity contribution in [2.24, 2.45) is 11.1 Å². The van der Waals surface area contributed by atoms with E-state index < -0.39 is 0 Å². The van der Waals surface area contributed by atoms with E-state index in [1.54, 1.807) is 24.4 Å². The standard InChI is InChI=1S/C25H24Cl2N4O3S/c1-33-24-20(35-19-4-2-3-18(26)21(19)27)13-29-23(30-24)15-5-6-17-16(11-15)12-25(22(17)28)7-9-31(10-8-25)34-14-32/h2-6,11,13-14,22H,7-10,12,28H2,1H3/t22-/m0/s1. The summed E-state index contributed by atoms with van der Waals surface area (Å²) in [6.07, 6.45) is 4.36. The van der Waals surface area contributed by atoms with Crippen LogP contribution in [-0.2, 0) is 16.1 Å². The Morgan fingerprint density at radius 2 is 2.00 bits per heavy atom. The van der Waals surface area contributed by atoms with E-state index in [1.165, 1.54) is 17.3 Å². The average molecular weight is 531 g/mol. The lowest BCUT2D eigenvalue weighted by molar-refractivity contribution is -0.185. The van der Waals surface area contributed by atoms with Gasteiger partial charge < -0.3 is 15.3 Å². The Kier molecular flexibility index (Phi) is 6.92. The van der Waals surface area contributed by atoms with Crippen LogP contribution in [0.5, 0.6) is 5.88 Å². The Balaban J connectivity index is 1.39. The molecule has 1 fully saturated rings. The lowest BCUT2D eigenvalue weighted by Gasteiger charge is -2.40. The summed E-state index contributed by atoms with van der Waals surface area (Å²) in [5.41, 5.74) is 9.98. The number of hydrogen-bond acceptors (Lipinski definition) is 8. The molecule has 0 radical (unpaired) electrons. The number of piperidine rings is 1. The van der Waals surface area contributed by atoms with Gasteiger partial charge in [-0.2, -0.15) is 4.98 Å². The van der Waals surface area contributed by atoms with Gasteiger partial charge in [0, 0.05) is 35.8 Å². The summed E-state index contributed by atoms with van der Waals surface area (Å²) in [6.45, 7) is 1.85. The molecule has 1 aliphatic carbocycles. The highest BCUT2D eigenvalue weighted by atomic mass is 35.5. The largest absolute Gasteiger partial charge is 0.480 e. The first kappa shape index (κ1) is 24.3. The normalized spacial score (nSPS) is 18.9. The van der Waals surface area contributed by atoms with E-state index >= 15 is 0 Å². The van der Waals surface area contributed by atoms with E-state index in [-0.39, 0.29) is 11.5 Å². The summed E-state index contributed by atoms with van der Waals surface area (Å²) in [5.74, 6) is 1.04. The number of nitrogens with zero attached hydrogens (tertiary/aromatic N) is 3. The molecule has 35 heavy (non-hydrogen) atoms. The molecule has 182 valence electrons. The van der Waals surface area contributed by atoms with Gasteiger partial charge in [0.15, 0.2) is 5.82 Å². The SMILES string of the molecule is COc1nc(-c2ccc3c(c2)CC2(CCN(OC=O)CC2)[C@H]3N)ncc1Sc1cccc(Cl)c1Cl. The van der Waals surface area contributed by atoms with Crippen LogP contribution in [0, 0.1) is 5.41 Å². The Hall–Kier alpha value is -2.36. The van der Waals surface area contributed by atoms with Crippen LogP contribution in [0.2, 0.25) is 10.0 Å². The lowest BCUT2D eigenvalue weighted by atomic mass is 9.73. The molecule has 2 N–H and O–H groups in total. The van der Waals surface area contributed by atoms with Gasteiger partial charge in [-0.25, -0.2) is 4.98 Å². The summed E-state index contributed by atoms with van der Waals surface area (Å²) in [7, 11) is 1.59. The second-order valence-corrected chi connectivity index (χ2v) is 10.7. The molecule has 1 atom stereocenters. The van der Waals surface area contributed by atoms with Crippen LogP contribution in [0.1, 0.15) is 30.0 Å². The monoisotopic (exact) mass is 530 g/mol. The maximum absolute atomic E-state index is 10.7. The molecule has 1 aromatic heterocycles. The third-order valence-electron chi connectivity index (χ3n) is 6.90. The van der Waals surface area contributed by atoms with Crippen molar-refractivity contribution in [3.63, 3.8) is 0 Å². The van der Waals surface area contributed by atoms with Gasteiger partial charge in [0.05, 0.1) is 22.1 Å². The summed E-state index contributed by atoms with van der Waals surface area (Å²) in [6, 6.07) is 11.7. The fourth-order valence-corrected chi connectivity index (χ4v) is 6.37. The van der Waals surface area contributed by atoms with Gasteiger partial charge in [0.25, 0.3) is 0 Å². The van der Waals surface area contributed by atoms with E-state index in [9.17, 15) is 4.79 Å². The van der Waals surface area contributed by atoms with Crippen LogP contribution < -0.4 is 10.5 Å². The van der Waals surface area contributed by atoms with Gasteiger partial charge in [0.1, 0.15) is 0 Å². The molecule has 2 aromatic carbocycles. The number of hydroxylamine groups is 2. The highest BCUT2D eigenvalue weighted by Crippen LogP contribution is 2.51. The van der Waals surface area contributed by atoms with Crippen molar-refractivity contribution in [2.75, 3.05) is 20.2 Å². The second kappa shape index (κ2) is 9.95. The molecule has 7 nitrogen and oxygen atoms in total. The molecule has 0 bridgehead atoms. The first-order valence-electron chi connectivity index (χ1n) is 11.2. The second-order valence-electron chi connectivity index (χ2n) is 8.78. The van der Waals surface area contributed by atoms with E-state index in [0.29, 0.717) is 41.3 Å². The van der Waals surface area contributed by atoms with Crippen molar-refractivity contribution in [2.45, 2.75) is 35.1 Å². The Morgan fingerprint density at radius 3 is 2.74 bits per heavy atom. The first-order chi connectivity index (χ1) is 16.9. The minimum Gasteiger partial charge on any atom is -0.480 e. The van der Waals surface area contributed by atoms with Crippen LogP contribution in [0.3, 0.4) is 0 Å².